The van der Waals surface area contributed by atoms with Gasteiger partial charge in [0.05, 0.1) is 29.2 Å². The van der Waals surface area contributed by atoms with E-state index in [9.17, 15) is 13.6 Å². The maximum absolute atomic E-state index is 13.1. The topological polar surface area (TPSA) is 64.2 Å². The highest BCUT2D eigenvalue weighted by atomic mass is 19.3. The second kappa shape index (κ2) is 6.95. The minimum Gasteiger partial charge on any atom is -0.364 e. The van der Waals surface area contributed by atoms with E-state index in [1.54, 1.807) is 30.3 Å². The van der Waals surface area contributed by atoms with Crippen molar-refractivity contribution < 1.29 is 13.3 Å². The van der Waals surface area contributed by atoms with E-state index in [0.29, 0.717) is 23.3 Å². The summed E-state index contributed by atoms with van der Waals surface area (Å²) in [5.74, 6) is 0.398. The predicted molar refractivity (Wildman–Crippen MR) is 90.9 cm³/mol. The molecule has 8 heteroatoms. The molecular formula is C18H18F2N4O2. The third-order valence-electron chi connectivity index (χ3n) is 4.73. The first-order valence-electron chi connectivity index (χ1n) is 8.54. The van der Waals surface area contributed by atoms with Gasteiger partial charge in [0.2, 0.25) is 0 Å². The van der Waals surface area contributed by atoms with Crippen molar-refractivity contribution in [2.45, 2.75) is 38.4 Å². The summed E-state index contributed by atoms with van der Waals surface area (Å²) >= 11 is 0. The summed E-state index contributed by atoms with van der Waals surface area (Å²) in [6.07, 6.45) is 0.535. The summed E-state index contributed by atoms with van der Waals surface area (Å²) in [7, 11) is 0. The number of benzene rings is 1. The average Bonchev–Trinajstić information content (AvgIpc) is 3.29. The predicted octanol–water partition coefficient (Wildman–Crippen LogP) is 2.99. The Hall–Kier alpha value is -2.61. The maximum atomic E-state index is 13.1. The van der Waals surface area contributed by atoms with E-state index < -0.39 is 18.5 Å². The summed E-state index contributed by atoms with van der Waals surface area (Å²) in [6.45, 7) is 0.660. The van der Waals surface area contributed by atoms with Crippen molar-refractivity contribution >= 4 is 10.9 Å². The van der Waals surface area contributed by atoms with Gasteiger partial charge >= 0.3 is 0 Å². The summed E-state index contributed by atoms with van der Waals surface area (Å²) in [4.78, 5) is 19.5. The second-order valence-electron chi connectivity index (χ2n) is 6.41. The molecule has 0 spiro atoms. The summed E-state index contributed by atoms with van der Waals surface area (Å²) in [6, 6.07) is 8.43. The largest absolute Gasteiger partial charge is 0.364 e. The van der Waals surface area contributed by atoms with Crippen LogP contribution in [0.2, 0.25) is 0 Å². The number of alkyl halides is 2. The molecule has 0 aliphatic carbocycles. The van der Waals surface area contributed by atoms with Crippen LogP contribution in [0.25, 0.3) is 10.9 Å². The SMILES string of the molecule is O=c1c2ccccc2nc(C2CCCN2Cc2ccon2)n1CC(F)F. The minimum atomic E-state index is -2.63. The molecule has 136 valence electrons. The number of para-hydroxylation sites is 1. The molecule has 1 fully saturated rings. The highest BCUT2D eigenvalue weighted by Crippen LogP contribution is 2.32. The Morgan fingerprint density at radius 1 is 1.27 bits per heavy atom. The zero-order valence-electron chi connectivity index (χ0n) is 14.0. The van der Waals surface area contributed by atoms with Crippen molar-refractivity contribution in [3.63, 3.8) is 0 Å². The van der Waals surface area contributed by atoms with Crippen LogP contribution in [-0.2, 0) is 13.1 Å². The lowest BCUT2D eigenvalue weighted by Gasteiger charge is -2.25. The molecule has 3 heterocycles. The number of nitrogens with zero attached hydrogens (tertiary/aromatic N) is 4. The third kappa shape index (κ3) is 3.12. The summed E-state index contributed by atoms with van der Waals surface area (Å²) in [5.41, 5.74) is 0.880. The molecule has 4 rings (SSSR count). The van der Waals surface area contributed by atoms with Crippen molar-refractivity contribution in [3.05, 3.63) is 58.5 Å². The lowest BCUT2D eigenvalue weighted by atomic mass is 10.1. The van der Waals surface area contributed by atoms with Crippen LogP contribution in [0, 0.1) is 0 Å². The molecule has 0 amide bonds. The molecule has 1 aliphatic heterocycles. The van der Waals surface area contributed by atoms with Crippen LogP contribution in [0.3, 0.4) is 0 Å². The Bertz CT molecular complexity index is 955. The molecule has 1 saturated heterocycles. The van der Waals surface area contributed by atoms with E-state index in [1.807, 2.05) is 0 Å². The van der Waals surface area contributed by atoms with E-state index in [4.69, 9.17) is 4.52 Å². The smallest absolute Gasteiger partial charge is 0.261 e. The normalized spacial score (nSPS) is 18.2. The Morgan fingerprint density at radius 3 is 2.88 bits per heavy atom. The Labute approximate surface area is 148 Å². The molecule has 1 aliphatic rings. The van der Waals surface area contributed by atoms with Crippen LogP contribution in [0.15, 0.2) is 45.9 Å². The molecule has 26 heavy (non-hydrogen) atoms. The van der Waals surface area contributed by atoms with Gasteiger partial charge in [-0.1, -0.05) is 17.3 Å². The van der Waals surface area contributed by atoms with Crippen molar-refractivity contribution in [2.24, 2.45) is 0 Å². The van der Waals surface area contributed by atoms with Crippen LogP contribution < -0.4 is 5.56 Å². The lowest BCUT2D eigenvalue weighted by Crippen LogP contribution is -2.33. The van der Waals surface area contributed by atoms with Crippen molar-refractivity contribution in [3.8, 4) is 0 Å². The van der Waals surface area contributed by atoms with Crippen LogP contribution in [0.4, 0.5) is 8.78 Å². The zero-order valence-corrected chi connectivity index (χ0v) is 14.0. The molecule has 3 aromatic rings. The molecule has 0 N–H and O–H groups in total. The van der Waals surface area contributed by atoms with Crippen molar-refractivity contribution in [2.75, 3.05) is 6.54 Å². The van der Waals surface area contributed by atoms with Crippen molar-refractivity contribution in [1.29, 1.82) is 0 Å². The van der Waals surface area contributed by atoms with Gasteiger partial charge < -0.3 is 4.52 Å². The maximum Gasteiger partial charge on any atom is 0.261 e. The van der Waals surface area contributed by atoms with E-state index in [0.717, 1.165) is 29.6 Å². The molecule has 0 radical (unpaired) electrons. The highest BCUT2D eigenvalue weighted by molar-refractivity contribution is 5.77. The number of aromatic nitrogens is 3. The summed E-state index contributed by atoms with van der Waals surface area (Å²) < 4.78 is 32.3. The van der Waals surface area contributed by atoms with Gasteiger partial charge in [-0.3, -0.25) is 14.3 Å². The fraction of sp³-hybridized carbons (Fsp3) is 0.389. The first-order chi connectivity index (χ1) is 12.6. The average molecular weight is 360 g/mol. The van der Waals surface area contributed by atoms with Crippen molar-refractivity contribution in [1.82, 2.24) is 19.6 Å². The van der Waals surface area contributed by atoms with Crippen LogP contribution in [0.1, 0.15) is 30.4 Å². The summed E-state index contributed by atoms with van der Waals surface area (Å²) in [5, 5.41) is 4.28. The lowest BCUT2D eigenvalue weighted by molar-refractivity contribution is 0.120. The standard InChI is InChI=1S/C18H18F2N4O2/c19-16(20)11-24-17(21-14-5-2-1-4-13(14)18(24)25)15-6-3-8-23(15)10-12-7-9-26-22-12/h1-2,4-5,7,9,15-16H,3,6,8,10-11H2. The molecular weight excluding hydrogens is 342 g/mol. The fourth-order valence-corrected chi connectivity index (χ4v) is 3.59. The monoisotopic (exact) mass is 360 g/mol. The molecule has 1 atom stereocenters. The van der Waals surface area contributed by atoms with Gasteiger partial charge in [-0.25, -0.2) is 13.8 Å². The van der Waals surface area contributed by atoms with Gasteiger partial charge in [0.25, 0.3) is 12.0 Å². The van der Waals surface area contributed by atoms with Gasteiger partial charge in [-0.15, -0.1) is 0 Å². The molecule has 1 unspecified atom stereocenters. The van der Waals surface area contributed by atoms with Gasteiger partial charge in [0, 0.05) is 12.6 Å². The zero-order chi connectivity index (χ0) is 18.1. The Morgan fingerprint density at radius 2 is 2.12 bits per heavy atom. The minimum absolute atomic E-state index is 0.206. The second-order valence-corrected chi connectivity index (χ2v) is 6.41. The fourth-order valence-electron chi connectivity index (χ4n) is 3.59. The van der Waals surface area contributed by atoms with Crippen LogP contribution in [0.5, 0.6) is 0 Å². The van der Waals surface area contributed by atoms with Crippen LogP contribution >= 0.6 is 0 Å². The first kappa shape index (κ1) is 16.8. The number of halogens is 2. The van der Waals surface area contributed by atoms with Gasteiger partial charge in [0.1, 0.15) is 12.1 Å². The molecule has 2 aromatic heterocycles. The third-order valence-corrected chi connectivity index (χ3v) is 4.73. The van der Waals surface area contributed by atoms with E-state index in [2.05, 4.69) is 15.0 Å². The number of fused-ring (bicyclic) bond motifs is 1. The highest BCUT2D eigenvalue weighted by Gasteiger charge is 2.31. The Kier molecular flexibility index (Phi) is 4.50. The quantitative estimate of drug-likeness (QED) is 0.700. The first-order valence-corrected chi connectivity index (χ1v) is 8.54. The van der Waals surface area contributed by atoms with E-state index in [1.165, 1.54) is 6.26 Å². The van der Waals surface area contributed by atoms with Gasteiger partial charge in [-0.2, -0.15) is 0 Å². The van der Waals surface area contributed by atoms with E-state index >= 15 is 0 Å². The van der Waals surface area contributed by atoms with E-state index in [-0.39, 0.29) is 6.04 Å². The number of hydrogen-bond acceptors (Lipinski definition) is 5. The van der Waals surface area contributed by atoms with Crippen LogP contribution in [-0.4, -0.2) is 32.6 Å². The van der Waals surface area contributed by atoms with Gasteiger partial charge in [0.15, 0.2) is 0 Å². The molecule has 0 bridgehead atoms. The number of likely N-dealkylation sites (tertiary alicyclic amines) is 1. The number of hydrogen-bond donors (Lipinski definition) is 0. The van der Waals surface area contributed by atoms with Gasteiger partial charge in [-0.05, 0) is 31.5 Å². The number of rotatable bonds is 5. The molecule has 0 saturated carbocycles. The Balaban J connectivity index is 1.79. The molecule has 1 aromatic carbocycles. The molecule has 6 nitrogen and oxygen atoms in total.